The van der Waals surface area contributed by atoms with Crippen molar-refractivity contribution in [2.45, 2.75) is 38.8 Å². The largest absolute Gasteiger partial charge is 0.487 e. The second-order valence-corrected chi connectivity index (χ2v) is 7.61. The van der Waals surface area contributed by atoms with E-state index in [1.165, 1.54) is 5.56 Å². The first kappa shape index (κ1) is 17.1. The maximum Gasteiger partial charge on any atom is 0.171 e. The highest BCUT2D eigenvalue weighted by Gasteiger charge is 2.34. The fourth-order valence-electron chi connectivity index (χ4n) is 2.95. The average molecular weight is 361 g/mol. The number of thiocarbonyl (C=S) groups is 1. The zero-order valence-electron chi connectivity index (χ0n) is 14.0. The summed E-state index contributed by atoms with van der Waals surface area (Å²) in [6.45, 7) is 6.27. The lowest BCUT2D eigenvalue weighted by Gasteiger charge is -2.38. The average Bonchev–Trinajstić information content (AvgIpc) is 2.48. The molecule has 24 heavy (non-hydrogen) atoms. The van der Waals surface area contributed by atoms with Crippen LogP contribution in [0, 0.1) is 6.92 Å². The maximum absolute atomic E-state index is 6.13. The van der Waals surface area contributed by atoms with Crippen molar-refractivity contribution in [1.82, 2.24) is 5.32 Å². The number of hydrogen-bond donors (Lipinski definition) is 2. The van der Waals surface area contributed by atoms with E-state index in [1.807, 2.05) is 24.3 Å². The van der Waals surface area contributed by atoms with Crippen molar-refractivity contribution in [3.8, 4) is 5.75 Å². The predicted molar refractivity (Wildman–Crippen MR) is 104 cm³/mol. The Labute approximate surface area is 153 Å². The van der Waals surface area contributed by atoms with Gasteiger partial charge in [0.25, 0.3) is 0 Å². The molecule has 1 aliphatic rings. The van der Waals surface area contributed by atoms with Gasteiger partial charge >= 0.3 is 0 Å². The Morgan fingerprint density at radius 2 is 1.92 bits per heavy atom. The van der Waals surface area contributed by atoms with E-state index >= 15 is 0 Å². The van der Waals surface area contributed by atoms with Gasteiger partial charge in [-0.2, -0.15) is 0 Å². The quantitative estimate of drug-likeness (QED) is 0.718. The number of benzene rings is 2. The molecule has 0 saturated carbocycles. The van der Waals surface area contributed by atoms with Gasteiger partial charge in [0.15, 0.2) is 5.11 Å². The van der Waals surface area contributed by atoms with Gasteiger partial charge in [-0.3, -0.25) is 0 Å². The zero-order chi connectivity index (χ0) is 17.3. The van der Waals surface area contributed by atoms with E-state index in [4.69, 9.17) is 28.6 Å². The highest BCUT2D eigenvalue weighted by Crippen LogP contribution is 2.39. The predicted octanol–water partition coefficient (Wildman–Crippen LogP) is 5.24. The minimum atomic E-state index is -0.242. The fourth-order valence-corrected chi connectivity index (χ4v) is 3.33. The van der Waals surface area contributed by atoms with Crippen LogP contribution < -0.4 is 15.4 Å². The van der Waals surface area contributed by atoms with E-state index in [1.54, 1.807) is 0 Å². The Hall–Kier alpha value is -1.78. The molecule has 0 aliphatic carbocycles. The number of anilines is 1. The van der Waals surface area contributed by atoms with Crippen molar-refractivity contribution in [3.63, 3.8) is 0 Å². The minimum Gasteiger partial charge on any atom is -0.487 e. The summed E-state index contributed by atoms with van der Waals surface area (Å²) < 4.78 is 6.13. The summed E-state index contributed by atoms with van der Waals surface area (Å²) in [4.78, 5) is 0. The van der Waals surface area contributed by atoms with Crippen LogP contribution in [0.3, 0.4) is 0 Å². The molecule has 1 aliphatic heterocycles. The number of fused-ring (bicyclic) bond motifs is 1. The van der Waals surface area contributed by atoms with Gasteiger partial charge in [0, 0.05) is 22.7 Å². The first-order chi connectivity index (χ1) is 11.3. The maximum atomic E-state index is 6.13. The molecule has 126 valence electrons. The van der Waals surface area contributed by atoms with E-state index in [9.17, 15) is 0 Å². The number of hydrogen-bond acceptors (Lipinski definition) is 2. The molecule has 2 aromatic carbocycles. The number of rotatable bonds is 2. The number of nitrogens with one attached hydrogen (secondary N) is 2. The monoisotopic (exact) mass is 360 g/mol. The van der Waals surface area contributed by atoms with Crippen molar-refractivity contribution in [2.24, 2.45) is 0 Å². The van der Waals surface area contributed by atoms with Crippen LogP contribution in [-0.2, 0) is 0 Å². The summed E-state index contributed by atoms with van der Waals surface area (Å²) in [6, 6.07) is 13.9. The molecule has 5 heteroatoms. The van der Waals surface area contributed by atoms with Crippen molar-refractivity contribution in [2.75, 3.05) is 5.32 Å². The first-order valence-electron chi connectivity index (χ1n) is 7.95. The SMILES string of the molecule is Cc1ccc2c(c1)OC(C)(C)CC2NC(=S)Nc1ccc(Cl)cc1. The van der Waals surface area contributed by atoms with Crippen LogP contribution >= 0.6 is 23.8 Å². The number of aryl methyl sites for hydroxylation is 1. The molecule has 0 spiro atoms. The summed E-state index contributed by atoms with van der Waals surface area (Å²) in [5.41, 5.74) is 2.99. The summed E-state index contributed by atoms with van der Waals surface area (Å²) in [7, 11) is 0. The Bertz CT molecular complexity index is 758. The highest BCUT2D eigenvalue weighted by molar-refractivity contribution is 7.80. The Morgan fingerprint density at radius 1 is 1.21 bits per heavy atom. The minimum absolute atomic E-state index is 0.108. The smallest absolute Gasteiger partial charge is 0.171 e. The molecule has 0 bridgehead atoms. The highest BCUT2D eigenvalue weighted by atomic mass is 35.5. The lowest BCUT2D eigenvalue weighted by Crippen LogP contribution is -2.42. The van der Waals surface area contributed by atoms with Gasteiger partial charge in [0.05, 0.1) is 6.04 Å². The third kappa shape index (κ3) is 4.00. The molecule has 1 atom stereocenters. The lowest BCUT2D eigenvalue weighted by molar-refractivity contribution is 0.0696. The fraction of sp³-hybridized carbons (Fsp3) is 0.316. The van der Waals surface area contributed by atoms with Gasteiger partial charge in [-0.15, -0.1) is 0 Å². The molecule has 0 fully saturated rings. The van der Waals surface area contributed by atoms with Crippen LogP contribution in [0.4, 0.5) is 5.69 Å². The van der Waals surface area contributed by atoms with Crippen LogP contribution in [0.15, 0.2) is 42.5 Å². The summed E-state index contributed by atoms with van der Waals surface area (Å²) in [6.07, 6.45) is 0.839. The molecule has 1 heterocycles. The molecule has 2 aromatic rings. The van der Waals surface area contributed by atoms with Gasteiger partial charge in [-0.25, -0.2) is 0 Å². The van der Waals surface area contributed by atoms with Crippen molar-refractivity contribution < 1.29 is 4.74 Å². The Kier molecular flexibility index (Phi) is 4.70. The molecule has 1 unspecified atom stereocenters. The molecule has 0 saturated heterocycles. The first-order valence-corrected chi connectivity index (χ1v) is 8.74. The molecule has 0 aromatic heterocycles. The van der Waals surface area contributed by atoms with Gasteiger partial charge in [0.2, 0.25) is 0 Å². The molecule has 3 rings (SSSR count). The molecular weight excluding hydrogens is 340 g/mol. The molecule has 2 N–H and O–H groups in total. The van der Waals surface area contributed by atoms with Crippen molar-refractivity contribution in [1.29, 1.82) is 0 Å². The van der Waals surface area contributed by atoms with Gasteiger partial charge in [-0.1, -0.05) is 23.7 Å². The summed E-state index contributed by atoms with van der Waals surface area (Å²) in [5.74, 6) is 0.929. The van der Waals surface area contributed by atoms with E-state index < -0.39 is 0 Å². The number of halogens is 1. The summed E-state index contributed by atoms with van der Waals surface area (Å²) in [5, 5.41) is 7.92. The second-order valence-electron chi connectivity index (χ2n) is 6.77. The van der Waals surface area contributed by atoms with Crippen molar-refractivity contribution >= 4 is 34.6 Å². The molecular formula is C19H21ClN2OS. The van der Waals surface area contributed by atoms with E-state index in [0.29, 0.717) is 10.1 Å². The standard InChI is InChI=1S/C19H21ClN2OS/c1-12-4-9-15-16(11-19(2,3)23-17(15)10-12)22-18(24)21-14-7-5-13(20)6-8-14/h4-10,16H,11H2,1-3H3,(H2,21,22,24). The van der Waals surface area contributed by atoms with Gasteiger partial charge in [0.1, 0.15) is 11.4 Å². The van der Waals surface area contributed by atoms with Crippen molar-refractivity contribution in [3.05, 3.63) is 58.6 Å². The topological polar surface area (TPSA) is 33.3 Å². The van der Waals surface area contributed by atoms with E-state index in [-0.39, 0.29) is 11.6 Å². The van der Waals surface area contributed by atoms with Crippen LogP contribution in [0.2, 0.25) is 5.02 Å². The molecule has 0 amide bonds. The van der Waals surface area contributed by atoms with Crippen LogP contribution in [0.25, 0.3) is 0 Å². The summed E-state index contributed by atoms with van der Waals surface area (Å²) >= 11 is 11.4. The van der Waals surface area contributed by atoms with Crippen LogP contribution in [0.1, 0.15) is 37.4 Å². The zero-order valence-corrected chi connectivity index (χ0v) is 15.6. The normalized spacial score (nSPS) is 18.2. The third-order valence-corrected chi connectivity index (χ3v) is 4.51. The van der Waals surface area contributed by atoms with E-state index in [2.05, 4.69) is 49.6 Å². The molecule has 0 radical (unpaired) electrons. The molecule has 3 nitrogen and oxygen atoms in total. The van der Waals surface area contributed by atoms with E-state index in [0.717, 1.165) is 23.4 Å². The Morgan fingerprint density at radius 3 is 2.62 bits per heavy atom. The van der Waals surface area contributed by atoms with Gasteiger partial charge < -0.3 is 15.4 Å². The van der Waals surface area contributed by atoms with Crippen LogP contribution in [-0.4, -0.2) is 10.7 Å². The Balaban J connectivity index is 1.76. The second kappa shape index (κ2) is 6.61. The lowest BCUT2D eigenvalue weighted by atomic mass is 9.89. The number of ether oxygens (including phenoxy) is 1. The third-order valence-electron chi connectivity index (χ3n) is 4.03. The van der Waals surface area contributed by atoms with Crippen LogP contribution in [0.5, 0.6) is 5.75 Å². The van der Waals surface area contributed by atoms with Gasteiger partial charge in [-0.05, 0) is 68.9 Å².